The second-order valence-corrected chi connectivity index (χ2v) is 10.2. The highest BCUT2D eigenvalue weighted by molar-refractivity contribution is 7.92. The summed E-state index contributed by atoms with van der Waals surface area (Å²) in [6, 6.07) is 29.8. The summed E-state index contributed by atoms with van der Waals surface area (Å²) in [5, 5.41) is 2.77. The summed E-state index contributed by atoms with van der Waals surface area (Å²) < 4.78 is 39.2. The lowest BCUT2D eigenvalue weighted by Gasteiger charge is -2.24. The zero-order valence-corrected chi connectivity index (χ0v) is 21.4. The normalized spacial score (nSPS) is 11.0. The lowest BCUT2D eigenvalue weighted by molar-refractivity contribution is -0.114. The van der Waals surface area contributed by atoms with Crippen molar-refractivity contribution in [3.05, 3.63) is 114 Å². The zero-order chi connectivity index (χ0) is 26.3. The van der Waals surface area contributed by atoms with Crippen molar-refractivity contribution in [2.24, 2.45) is 0 Å². The van der Waals surface area contributed by atoms with Crippen molar-refractivity contribution in [1.29, 1.82) is 0 Å². The lowest BCUT2D eigenvalue weighted by Crippen LogP contribution is -2.38. The fourth-order valence-corrected chi connectivity index (χ4v) is 5.04. The summed E-state index contributed by atoms with van der Waals surface area (Å²) >= 11 is 0. The molecule has 37 heavy (non-hydrogen) atoms. The monoisotopic (exact) mass is 516 g/mol. The molecule has 0 aliphatic heterocycles. The lowest BCUT2D eigenvalue weighted by atomic mass is 10.2. The van der Waals surface area contributed by atoms with E-state index in [4.69, 9.17) is 9.47 Å². The van der Waals surface area contributed by atoms with E-state index in [2.05, 4.69) is 5.32 Å². The first-order chi connectivity index (χ1) is 17.8. The third kappa shape index (κ3) is 6.68. The van der Waals surface area contributed by atoms with Crippen LogP contribution >= 0.6 is 0 Å². The van der Waals surface area contributed by atoms with Crippen molar-refractivity contribution in [2.45, 2.75) is 18.4 Å². The number of ether oxygens (including phenoxy) is 2. The van der Waals surface area contributed by atoms with E-state index >= 15 is 0 Å². The molecule has 0 saturated carbocycles. The molecule has 1 N–H and O–H groups in total. The molecule has 0 unspecified atom stereocenters. The molecule has 7 nitrogen and oxygen atoms in total. The summed E-state index contributed by atoms with van der Waals surface area (Å²) in [6.45, 7) is 1.89. The minimum atomic E-state index is -4.03. The number of aryl methyl sites for hydroxylation is 1. The Hall–Kier alpha value is -4.30. The summed E-state index contributed by atoms with van der Waals surface area (Å²) in [5.74, 6) is 0.645. The number of carbonyl (C=O) groups excluding carboxylic acids is 1. The van der Waals surface area contributed by atoms with E-state index in [1.807, 2.05) is 37.3 Å². The molecular weight excluding hydrogens is 488 g/mol. The molecule has 0 atom stereocenters. The van der Waals surface area contributed by atoms with Crippen molar-refractivity contribution in [1.82, 2.24) is 0 Å². The summed E-state index contributed by atoms with van der Waals surface area (Å²) in [4.78, 5) is 13.1. The average molecular weight is 517 g/mol. The standard InChI is InChI=1S/C29H28N2O5S/c1-22-11-17-28(18-12-22)37(33,34)31(25-9-6-10-27(19-25)35-2)20-29(32)30-24-13-15-26(16-14-24)36-21-23-7-4-3-5-8-23/h3-19H,20-21H2,1-2H3,(H,30,32). The number of carbonyl (C=O) groups is 1. The number of amides is 1. The largest absolute Gasteiger partial charge is 0.497 e. The van der Waals surface area contributed by atoms with E-state index in [-0.39, 0.29) is 4.90 Å². The number of hydrogen-bond donors (Lipinski definition) is 1. The van der Waals surface area contributed by atoms with E-state index in [1.165, 1.54) is 19.2 Å². The predicted octanol–water partition coefficient (Wildman–Crippen LogP) is 5.42. The Morgan fingerprint density at radius 1 is 0.838 bits per heavy atom. The maximum atomic E-state index is 13.6. The molecular formula is C29H28N2O5S. The van der Waals surface area contributed by atoms with Gasteiger partial charge in [-0.3, -0.25) is 9.10 Å². The first-order valence-electron chi connectivity index (χ1n) is 11.7. The number of methoxy groups -OCH3 is 1. The number of sulfonamides is 1. The first kappa shape index (κ1) is 25.8. The van der Waals surface area contributed by atoms with Crippen molar-refractivity contribution >= 4 is 27.3 Å². The Labute approximate surface area is 217 Å². The topological polar surface area (TPSA) is 84.9 Å². The molecule has 0 radical (unpaired) electrons. The maximum absolute atomic E-state index is 13.6. The van der Waals surface area contributed by atoms with Gasteiger partial charge < -0.3 is 14.8 Å². The number of benzene rings is 4. The third-order valence-corrected chi connectivity index (χ3v) is 7.41. The van der Waals surface area contributed by atoms with E-state index in [1.54, 1.807) is 60.7 Å². The maximum Gasteiger partial charge on any atom is 0.264 e. The van der Waals surface area contributed by atoms with Crippen LogP contribution in [0.4, 0.5) is 11.4 Å². The second-order valence-electron chi connectivity index (χ2n) is 8.37. The molecule has 0 heterocycles. The Kier molecular flexibility index (Phi) is 8.10. The van der Waals surface area contributed by atoms with Gasteiger partial charge in [0.2, 0.25) is 5.91 Å². The van der Waals surface area contributed by atoms with Gasteiger partial charge in [0.05, 0.1) is 17.7 Å². The molecule has 1 amide bonds. The van der Waals surface area contributed by atoms with Crippen molar-refractivity contribution in [2.75, 3.05) is 23.3 Å². The third-order valence-electron chi connectivity index (χ3n) is 5.62. The van der Waals surface area contributed by atoms with E-state index < -0.39 is 22.5 Å². The summed E-state index contributed by atoms with van der Waals surface area (Å²) in [6.07, 6.45) is 0. The SMILES string of the molecule is COc1cccc(N(CC(=O)Nc2ccc(OCc3ccccc3)cc2)S(=O)(=O)c2ccc(C)cc2)c1. The number of hydrogen-bond acceptors (Lipinski definition) is 5. The smallest absolute Gasteiger partial charge is 0.264 e. The van der Waals surface area contributed by atoms with Crippen molar-refractivity contribution < 1.29 is 22.7 Å². The van der Waals surface area contributed by atoms with Gasteiger partial charge in [0, 0.05) is 11.8 Å². The molecule has 4 rings (SSSR count). The fraction of sp³-hybridized carbons (Fsp3) is 0.138. The molecule has 0 aliphatic rings. The number of anilines is 2. The molecule has 8 heteroatoms. The highest BCUT2D eigenvalue weighted by Crippen LogP contribution is 2.27. The molecule has 190 valence electrons. The van der Waals surface area contributed by atoms with Crippen LogP contribution in [0, 0.1) is 6.92 Å². The Morgan fingerprint density at radius 2 is 1.54 bits per heavy atom. The van der Waals surface area contributed by atoms with Crippen LogP contribution in [-0.4, -0.2) is 28.0 Å². The van der Waals surface area contributed by atoms with Crippen molar-refractivity contribution in [3.8, 4) is 11.5 Å². The number of nitrogens with zero attached hydrogens (tertiary/aromatic N) is 1. The Balaban J connectivity index is 1.50. The van der Waals surface area contributed by atoms with Gasteiger partial charge in [-0.15, -0.1) is 0 Å². The van der Waals surface area contributed by atoms with Gasteiger partial charge in [-0.05, 0) is 61.0 Å². The Bertz CT molecular complexity index is 1440. The van der Waals surface area contributed by atoms with Gasteiger partial charge >= 0.3 is 0 Å². The van der Waals surface area contributed by atoms with Gasteiger partial charge in [0.25, 0.3) is 10.0 Å². The van der Waals surface area contributed by atoms with Crippen LogP contribution in [0.3, 0.4) is 0 Å². The molecule has 0 spiro atoms. The first-order valence-corrected chi connectivity index (χ1v) is 13.1. The minimum Gasteiger partial charge on any atom is -0.497 e. The van der Waals surface area contributed by atoms with Gasteiger partial charge in [-0.1, -0.05) is 54.1 Å². The van der Waals surface area contributed by atoms with Crippen LogP contribution in [0.1, 0.15) is 11.1 Å². The van der Waals surface area contributed by atoms with Crippen LogP contribution in [0.5, 0.6) is 11.5 Å². The number of rotatable bonds is 10. The van der Waals surface area contributed by atoms with Gasteiger partial charge in [0.15, 0.2) is 0 Å². The zero-order valence-electron chi connectivity index (χ0n) is 20.6. The minimum absolute atomic E-state index is 0.0913. The molecule has 0 saturated heterocycles. The van der Waals surface area contributed by atoms with E-state index in [0.29, 0.717) is 29.5 Å². The van der Waals surface area contributed by atoms with Crippen LogP contribution in [-0.2, 0) is 21.4 Å². The Morgan fingerprint density at radius 3 is 2.22 bits per heavy atom. The van der Waals surface area contributed by atoms with E-state index in [0.717, 1.165) is 15.4 Å². The quantitative estimate of drug-likeness (QED) is 0.304. The predicted molar refractivity (Wildman–Crippen MR) is 145 cm³/mol. The molecule has 0 aliphatic carbocycles. The molecule has 0 aromatic heterocycles. The fourth-order valence-electron chi connectivity index (χ4n) is 3.62. The van der Waals surface area contributed by atoms with Crippen molar-refractivity contribution in [3.63, 3.8) is 0 Å². The molecule has 0 bridgehead atoms. The van der Waals surface area contributed by atoms with Crippen LogP contribution in [0.25, 0.3) is 0 Å². The van der Waals surface area contributed by atoms with Gasteiger partial charge in [-0.2, -0.15) is 0 Å². The van der Waals surface area contributed by atoms with Crippen LogP contribution < -0.4 is 19.1 Å². The number of nitrogens with one attached hydrogen (secondary N) is 1. The summed E-state index contributed by atoms with van der Waals surface area (Å²) in [7, 11) is -2.53. The highest BCUT2D eigenvalue weighted by Gasteiger charge is 2.27. The molecule has 0 fully saturated rings. The van der Waals surface area contributed by atoms with Gasteiger partial charge in [-0.25, -0.2) is 8.42 Å². The highest BCUT2D eigenvalue weighted by atomic mass is 32.2. The van der Waals surface area contributed by atoms with E-state index in [9.17, 15) is 13.2 Å². The second kappa shape index (κ2) is 11.6. The molecule has 4 aromatic carbocycles. The van der Waals surface area contributed by atoms with Crippen LogP contribution in [0.2, 0.25) is 0 Å². The van der Waals surface area contributed by atoms with Gasteiger partial charge in [0.1, 0.15) is 24.7 Å². The average Bonchev–Trinajstić information content (AvgIpc) is 2.92. The molecule has 4 aromatic rings. The summed E-state index contributed by atoms with van der Waals surface area (Å²) in [5.41, 5.74) is 2.82. The van der Waals surface area contributed by atoms with Crippen LogP contribution in [0.15, 0.2) is 108 Å².